The molecule has 3 aromatic rings. The Morgan fingerprint density at radius 2 is 1.87 bits per heavy atom. The van der Waals surface area contributed by atoms with Crippen LogP contribution in [0.5, 0.6) is 5.75 Å². The van der Waals surface area contributed by atoms with Crippen LogP contribution in [0, 0.1) is 5.92 Å². The lowest BCUT2D eigenvalue weighted by atomic mass is 9.96. The average Bonchev–Trinajstić information content (AvgIpc) is 3.25. The molecule has 4 rings (SSSR count). The Morgan fingerprint density at radius 3 is 2.58 bits per heavy atom. The third-order valence-electron chi connectivity index (χ3n) is 6.20. The minimum Gasteiger partial charge on any atom is -0.497 e. The Labute approximate surface area is 183 Å². The molecule has 7 heteroatoms. The van der Waals surface area contributed by atoms with Gasteiger partial charge in [-0.2, -0.15) is 5.10 Å². The molecule has 0 aliphatic carbocycles. The monoisotopic (exact) mass is 424 g/mol. The molecular weight excluding hydrogens is 392 g/mol. The highest BCUT2D eigenvalue weighted by molar-refractivity contribution is 5.86. The van der Waals surface area contributed by atoms with Gasteiger partial charge < -0.3 is 19.5 Å². The molecule has 0 saturated carbocycles. The van der Waals surface area contributed by atoms with Crippen LogP contribution in [-0.2, 0) is 4.74 Å². The van der Waals surface area contributed by atoms with E-state index in [1.165, 1.54) is 0 Å². The molecule has 0 bridgehead atoms. The molecule has 1 aliphatic rings. The van der Waals surface area contributed by atoms with Gasteiger partial charge in [-0.15, -0.1) is 0 Å². The van der Waals surface area contributed by atoms with Gasteiger partial charge in [-0.1, -0.05) is 18.2 Å². The molecular formula is C24H32N4O3. The number of nitrogens with zero attached hydrogens (tertiary/aromatic N) is 2. The molecule has 2 heterocycles. The SMILES string of the molecule is COCCN1CCC(CNC(O)c2[nH]nc3ccc(-c4ccc(OC)cc4)cc23)CC1. The summed E-state index contributed by atoms with van der Waals surface area (Å²) in [6.07, 6.45) is 1.49. The maximum atomic E-state index is 10.8. The summed E-state index contributed by atoms with van der Waals surface area (Å²) in [6, 6.07) is 14.1. The van der Waals surface area contributed by atoms with E-state index >= 15 is 0 Å². The lowest BCUT2D eigenvalue weighted by Gasteiger charge is -2.32. The number of methoxy groups -OCH3 is 2. The first-order valence-corrected chi connectivity index (χ1v) is 10.9. The molecule has 1 fully saturated rings. The van der Waals surface area contributed by atoms with Gasteiger partial charge in [0.25, 0.3) is 0 Å². The van der Waals surface area contributed by atoms with E-state index in [1.54, 1.807) is 14.2 Å². The van der Waals surface area contributed by atoms with Crippen molar-refractivity contribution in [3.8, 4) is 16.9 Å². The predicted molar refractivity (Wildman–Crippen MR) is 122 cm³/mol. The van der Waals surface area contributed by atoms with Gasteiger partial charge in [0.1, 0.15) is 12.0 Å². The first-order chi connectivity index (χ1) is 15.2. The molecule has 166 valence electrons. The van der Waals surface area contributed by atoms with Crippen molar-refractivity contribution in [3.05, 3.63) is 48.2 Å². The van der Waals surface area contributed by atoms with E-state index in [0.717, 1.165) is 73.4 Å². The van der Waals surface area contributed by atoms with Crippen molar-refractivity contribution >= 4 is 10.9 Å². The molecule has 1 atom stereocenters. The van der Waals surface area contributed by atoms with Crippen molar-refractivity contribution in [2.75, 3.05) is 47.0 Å². The van der Waals surface area contributed by atoms with Gasteiger partial charge in [-0.05, 0) is 67.2 Å². The number of aromatic amines is 1. The maximum Gasteiger partial charge on any atom is 0.148 e. The van der Waals surface area contributed by atoms with E-state index in [2.05, 4.69) is 26.5 Å². The number of aromatic nitrogens is 2. The van der Waals surface area contributed by atoms with Gasteiger partial charge in [0.05, 0.1) is 24.9 Å². The number of hydrogen-bond donors (Lipinski definition) is 3. The molecule has 0 radical (unpaired) electrons. The topological polar surface area (TPSA) is 82.6 Å². The van der Waals surface area contributed by atoms with Crippen LogP contribution in [0.4, 0.5) is 0 Å². The van der Waals surface area contributed by atoms with Gasteiger partial charge in [0, 0.05) is 25.6 Å². The Morgan fingerprint density at radius 1 is 1.13 bits per heavy atom. The Kier molecular flexibility index (Phi) is 7.19. The molecule has 31 heavy (non-hydrogen) atoms. The fraction of sp³-hybridized carbons (Fsp3) is 0.458. The molecule has 1 aromatic heterocycles. The first-order valence-electron chi connectivity index (χ1n) is 10.9. The zero-order valence-electron chi connectivity index (χ0n) is 18.3. The largest absolute Gasteiger partial charge is 0.497 e. The van der Waals surface area contributed by atoms with E-state index in [-0.39, 0.29) is 0 Å². The quantitative estimate of drug-likeness (QED) is 0.458. The second-order valence-electron chi connectivity index (χ2n) is 8.19. The third-order valence-corrected chi connectivity index (χ3v) is 6.20. The van der Waals surface area contributed by atoms with Crippen molar-refractivity contribution in [2.45, 2.75) is 19.1 Å². The molecule has 0 amide bonds. The zero-order chi connectivity index (χ0) is 21.6. The van der Waals surface area contributed by atoms with Gasteiger partial charge in [-0.3, -0.25) is 10.4 Å². The van der Waals surface area contributed by atoms with Crippen LogP contribution in [-0.4, -0.2) is 67.2 Å². The van der Waals surface area contributed by atoms with Crippen LogP contribution in [0.15, 0.2) is 42.5 Å². The van der Waals surface area contributed by atoms with E-state index in [9.17, 15) is 5.11 Å². The fourth-order valence-electron chi connectivity index (χ4n) is 4.22. The predicted octanol–water partition coefficient (Wildman–Crippen LogP) is 3.18. The summed E-state index contributed by atoms with van der Waals surface area (Å²) in [5.41, 5.74) is 3.73. The number of ether oxygens (including phenoxy) is 2. The van der Waals surface area contributed by atoms with Crippen molar-refractivity contribution in [1.29, 1.82) is 0 Å². The third kappa shape index (κ3) is 5.25. The second kappa shape index (κ2) is 10.2. The highest BCUT2D eigenvalue weighted by atomic mass is 16.5. The van der Waals surface area contributed by atoms with Crippen molar-refractivity contribution < 1.29 is 14.6 Å². The van der Waals surface area contributed by atoms with Gasteiger partial charge in [0.15, 0.2) is 0 Å². The van der Waals surface area contributed by atoms with Crippen LogP contribution < -0.4 is 10.1 Å². The van der Waals surface area contributed by atoms with Crippen LogP contribution >= 0.6 is 0 Å². The van der Waals surface area contributed by atoms with Crippen molar-refractivity contribution in [3.63, 3.8) is 0 Å². The standard InChI is InChI=1S/C24H32N4O3/c1-30-14-13-28-11-9-17(10-12-28)16-25-24(29)23-21-15-19(5-8-22(21)26-27-23)18-3-6-20(31-2)7-4-18/h3-8,15,17,24-25,29H,9-14,16H2,1-2H3,(H,26,27). The summed E-state index contributed by atoms with van der Waals surface area (Å²) in [5.74, 6) is 1.40. The lowest BCUT2D eigenvalue weighted by Crippen LogP contribution is -2.39. The second-order valence-corrected chi connectivity index (χ2v) is 8.19. The number of fused-ring (bicyclic) bond motifs is 1. The normalized spacial score (nSPS) is 16.6. The minimum absolute atomic E-state index is 0.567. The van der Waals surface area contributed by atoms with E-state index in [1.807, 2.05) is 36.4 Å². The van der Waals surface area contributed by atoms with Crippen LogP contribution in [0.3, 0.4) is 0 Å². The fourth-order valence-corrected chi connectivity index (χ4v) is 4.22. The smallest absolute Gasteiger partial charge is 0.148 e. The number of likely N-dealkylation sites (tertiary alicyclic amines) is 1. The molecule has 3 N–H and O–H groups in total. The highest BCUT2D eigenvalue weighted by Gasteiger charge is 2.21. The number of aliphatic hydroxyl groups is 1. The van der Waals surface area contributed by atoms with Gasteiger partial charge in [0.2, 0.25) is 0 Å². The summed E-state index contributed by atoms with van der Waals surface area (Å²) in [5, 5.41) is 22.4. The Balaban J connectivity index is 1.39. The number of hydrogen-bond acceptors (Lipinski definition) is 6. The molecule has 1 aliphatic heterocycles. The molecule has 1 saturated heterocycles. The summed E-state index contributed by atoms with van der Waals surface area (Å²) in [7, 11) is 3.41. The minimum atomic E-state index is -0.775. The van der Waals surface area contributed by atoms with Crippen molar-refractivity contribution in [1.82, 2.24) is 20.4 Å². The van der Waals surface area contributed by atoms with Crippen LogP contribution in [0.1, 0.15) is 24.8 Å². The average molecular weight is 425 g/mol. The Hall–Kier alpha value is -2.45. The number of nitrogens with one attached hydrogen (secondary N) is 2. The number of benzene rings is 2. The van der Waals surface area contributed by atoms with Gasteiger partial charge in [-0.25, -0.2) is 0 Å². The highest BCUT2D eigenvalue weighted by Crippen LogP contribution is 2.28. The number of aliphatic hydroxyl groups excluding tert-OH is 1. The van der Waals surface area contributed by atoms with Crippen LogP contribution in [0.25, 0.3) is 22.0 Å². The Bertz CT molecular complexity index is 965. The molecule has 2 aromatic carbocycles. The van der Waals surface area contributed by atoms with Gasteiger partial charge >= 0.3 is 0 Å². The maximum absolute atomic E-state index is 10.8. The van der Waals surface area contributed by atoms with E-state index in [0.29, 0.717) is 11.6 Å². The number of rotatable bonds is 9. The molecule has 1 unspecified atom stereocenters. The molecule has 7 nitrogen and oxygen atoms in total. The number of piperidine rings is 1. The summed E-state index contributed by atoms with van der Waals surface area (Å²) < 4.78 is 10.4. The van der Waals surface area contributed by atoms with E-state index in [4.69, 9.17) is 9.47 Å². The summed E-state index contributed by atoms with van der Waals surface area (Å²) >= 11 is 0. The van der Waals surface area contributed by atoms with E-state index < -0.39 is 6.23 Å². The first kappa shape index (κ1) is 21.8. The number of H-pyrrole nitrogens is 1. The molecule has 0 spiro atoms. The van der Waals surface area contributed by atoms with Crippen molar-refractivity contribution in [2.24, 2.45) is 5.92 Å². The summed E-state index contributed by atoms with van der Waals surface area (Å²) in [4.78, 5) is 2.44. The van der Waals surface area contributed by atoms with Crippen LogP contribution in [0.2, 0.25) is 0 Å². The summed E-state index contributed by atoms with van der Waals surface area (Å²) in [6.45, 7) is 4.75. The lowest BCUT2D eigenvalue weighted by molar-refractivity contribution is 0.102. The zero-order valence-corrected chi connectivity index (χ0v) is 18.3.